The molecule has 0 aliphatic carbocycles. The molecule has 3 aromatic heterocycles. The Labute approximate surface area is 163 Å². The number of morpholine rings is 1. The lowest BCUT2D eigenvalue weighted by Gasteiger charge is -2.28. The Morgan fingerprint density at radius 3 is 3.00 bits per heavy atom. The van der Waals surface area contributed by atoms with Crippen LogP contribution in [-0.2, 0) is 4.74 Å². The minimum Gasteiger partial charge on any atom is -0.378 e. The number of hydrogen-bond acceptors (Lipinski definition) is 7. The molecule has 8 heteroatoms. The quantitative estimate of drug-likeness (QED) is 0.719. The molecule has 5 rings (SSSR count). The van der Waals surface area contributed by atoms with Crippen molar-refractivity contribution in [1.29, 1.82) is 0 Å². The molecule has 2 fully saturated rings. The number of aromatic nitrogens is 4. The van der Waals surface area contributed by atoms with Crippen LogP contribution >= 0.6 is 0 Å². The van der Waals surface area contributed by atoms with Gasteiger partial charge in [-0.25, -0.2) is 14.5 Å². The van der Waals surface area contributed by atoms with Crippen molar-refractivity contribution in [3.05, 3.63) is 42.4 Å². The van der Waals surface area contributed by atoms with E-state index in [1.54, 1.807) is 6.33 Å². The van der Waals surface area contributed by atoms with Crippen LogP contribution in [0.4, 0.5) is 17.3 Å². The van der Waals surface area contributed by atoms with Gasteiger partial charge in [0.2, 0.25) is 0 Å². The second-order valence-electron chi connectivity index (χ2n) is 7.36. The number of anilines is 3. The lowest BCUT2D eigenvalue weighted by atomic mass is 9.92. The second kappa shape index (κ2) is 7.73. The number of fused-ring (bicyclic) bond motifs is 1. The summed E-state index contributed by atoms with van der Waals surface area (Å²) in [6.45, 7) is 5.34. The number of nitrogens with zero attached hydrogens (tertiary/aromatic N) is 5. The van der Waals surface area contributed by atoms with Gasteiger partial charge < -0.3 is 20.3 Å². The van der Waals surface area contributed by atoms with Crippen LogP contribution in [0.1, 0.15) is 24.3 Å². The van der Waals surface area contributed by atoms with Crippen molar-refractivity contribution in [2.24, 2.45) is 0 Å². The summed E-state index contributed by atoms with van der Waals surface area (Å²) < 4.78 is 7.31. The van der Waals surface area contributed by atoms with E-state index in [0.717, 1.165) is 62.4 Å². The summed E-state index contributed by atoms with van der Waals surface area (Å²) >= 11 is 0. The zero-order valence-corrected chi connectivity index (χ0v) is 15.8. The molecule has 5 heterocycles. The van der Waals surface area contributed by atoms with Crippen LogP contribution in [0.15, 0.2) is 36.8 Å². The Bertz CT molecular complexity index is 945. The summed E-state index contributed by atoms with van der Waals surface area (Å²) in [5.41, 5.74) is 3.02. The maximum atomic E-state index is 5.45. The predicted molar refractivity (Wildman–Crippen MR) is 108 cm³/mol. The van der Waals surface area contributed by atoms with E-state index in [2.05, 4.69) is 37.9 Å². The van der Waals surface area contributed by atoms with Crippen molar-refractivity contribution in [2.45, 2.75) is 18.8 Å². The van der Waals surface area contributed by atoms with Crippen molar-refractivity contribution in [3.8, 4) is 0 Å². The molecule has 2 N–H and O–H groups in total. The monoisotopic (exact) mass is 379 g/mol. The van der Waals surface area contributed by atoms with Crippen molar-refractivity contribution in [3.63, 3.8) is 0 Å². The average Bonchev–Trinajstić information content (AvgIpc) is 3.24. The summed E-state index contributed by atoms with van der Waals surface area (Å²) in [7, 11) is 0. The molecule has 8 nitrogen and oxygen atoms in total. The minimum absolute atomic E-state index is 0.496. The van der Waals surface area contributed by atoms with Crippen LogP contribution in [0.25, 0.3) is 5.65 Å². The summed E-state index contributed by atoms with van der Waals surface area (Å²) in [5.74, 6) is 2.28. The maximum absolute atomic E-state index is 5.45. The smallest absolute Gasteiger partial charge is 0.178 e. The predicted octanol–water partition coefficient (Wildman–Crippen LogP) is 2.17. The molecular formula is C20H25N7O. The van der Waals surface area contributed by atoms with Crippen molar-refractivity contribution >= 4 is 23.0 Å². The highest BCUT2D eigenvalue weighted by Crippen LogP contribution is 2.29. The fraction of sp³-hybridized carbons (Fsp3) is 0.450. The van der Waals surface area contributed by atoms with E-state index < -0.39 is 0 Å². The normalized spacial score (nSPS) is 20.4. The van der Waals surface area contributed by atoms with Gasteiger partial charge in [0.15, 0.2) is 5.65 Å². The molecule has 146 valence electrons. The maximum Gasteiger partial charge on any atom is 0.178 e. The number of hydrogen-bond donors (Lipinski definition) is 2. The summed E-state index contributed by atoms with van der Waals surface area (Å²) in [5, 5.41) is 11.3. The first-order chi connectivity index (χ1) is 13.9. The van der Waals surface area contributed by atoms with Crippen molar-refractivity contribution in [1.82, 2.24) is 24.9 Å². The Morgan fingerprint density at radius 2 is 2.14 bits per heavy atom. The van der Waals surface area contributed by atoms with Gasteiger partial charge >= 0.3 is 0 Å². The molecule has 0 spiro atoms. The van der Waals surface area contributed by atoms with E-state index in [-0.39, 0.29) is 0 Å². The zero-order valence-electron chi connectivity index (χ0n) is 15.8. The fourth-order valence-corrected chi connectivity index (χ4v) is 4.00. The molecule has 0 amide bonds. The topological polar surface area (TPSA) is 79.6 Å². The summed E-state index contributed by atoms with van der Waals surface area (Å²) in [4.78, 5) is 11.5. The highest BCUT2D eigenvalue weighted by Gasteiger charge is 2.18. The largest absolute Gasteiger partial charge is 0.378 e. The van der Waals surface area contributed by atoms with Crippen LogP contribution in [0, 0.1) is 0 Å². The third-order valence-corrected chi connectivity index (χ3v) is 5.50. The van der Waals surface area contributed by atoms with Gasteiger partial charge in [-0.2, -0.15) is 5.10 Å². The SMILES string of the molecule is c1cc(Nc2cc(C3CCCNC3)cn3ncnc23)nc(N2CCOCC2)c1. The van der Waals surface area contributed by atoms with E-state index in [0.29, 0.717) is 5.92 Å². The Kier molecular flexibility index (Phi) is 4.80. The van der Waals surface area contributed by atoms with Gasteiger partial charge in [-0.05, 0) is 49.1 Å². The van der Waals surface area contributed by atoms with Crippen LogP contribution in [-0.4, -0.2) is 59.0 Å². The molecule has 0 saturated carbocycles. The standard InChI is InChI=1S/C20H25N7O/c1-4-18(25-19(5-1)26-7-9-28-10-8-26)24-17-11-16(15-3-2-6-21-12-15)13-27-20(17)22-14-23-27/h1,4-5,11,13-15,21H,2-3,6-10,12H2,(H,24,25). The molecule has 1 unspecified atom stereocenters. The molecule has 1 atom stereocenters. The van der Waals surface area contributed by atoms with Gasteiger partial charge in [0.05, 0.1) is 18.9 Å². The summed E-state index contributed by atoms with van der Waals surface area (Å²) in [6, 6.07) is 8.28. The van der Waals surface area contributed by atoms with Crippen LogP contribution in [0.3, 0.4) is 0 Å². The molecule has 2 aliphatic heterocycles. The Hall–Kier alpha value is -2.71. The molecular weight excluding hydrogens is 354 g/mol. The fourth-order valence-electron chi connectivity index (χ4n) is 4.00. The first-order valence-electron chi connectivity index (χ1n) is 9.97. The number of ether oxygens (including phenoxy) is 1. The van der Waals surface area contributed by atoms with E-state index in [1.807, 2.05) is 22.7 Å². The first-order valence-corrected chi connectivity index (χ1v) is 9.97. The molecule has 2 saturated heterocycles. The number of pyridine rings is 2. The van der Waals surface area contributed by atoms with Gasteiger partial charge in [-0.1, -0.05) is 6.07 Å². The third-order valence-electron chi connectivity index (χ3n) is 5.50. The molecule has 28 heavy (non-hydrogen) atoms. The van der Waals surface area contributed by atoms with E-state index >= 15 is 0 Å². The first kappa shape index (κ1) is 17.4. The van der Waals surface area contributed by atoms with E-state index in [1.165, 1.54) is 18.4 Å². The van der Waals surface area contributed by atoms with Crippen LogP contribution in [0.2, 0.25) is 0 Å². The highest BCUT2D eigenvalue weighted by atomic mass is 16.5. The number of rotatable bonds is 4. The van der Waals surface area contributed by atoms with Gasteiger partial charge in [0, 0.05) is 25.8 Å². The summed E-state index contributed by atoms with van der Waals surface area (Å²) in [6.07, 6.45) is 6.09. The average molecular weight is 379 g/mol. The Balaban J connectivity index is 1.45. The van der Waals surface area contributed by atoms with Gasteiger partial charge in [0.25, 0.3) is 0 Å². The molecule has 0 radical (unpaired) electrons. The van der Waals surface area contributed by atoms with Crippen molar-refractivity contribution in [2.75, 3.05) is 49.6 Å². The van der Waals surface area contributed by atoms with Crippen LogP contribution in [0.5, 0.6) is 0 Å². The molecule has 2 aliphatic rings. The minimum atomic E-state index is 0.496. The number of nitrogens with one attached hydrogen (secondary N) is 2. The number of piperidine rings is 1. The highest BCUT2D eigenvalue weighted by molar-refractivity contribution is 5.73. The molecule has 3 aromatic rings. The molecule has 0 aromatic carbocycles. The Morgan fingerprint density at radius 1 is 1.21 bits per heavy atom. The van der Waals surface area contributed by atoms with Crippen molar-refractivity contribution < 1.29 is 4.74 Å². The molecule has 0 bridgehead atoms. The second-order valence-corrected chi connectivity index (χ2v) is 7.36. The van der Waals surface area contributed by atoms with E-state index in [4.69, 9.17) is 9.72 Å². The van der Waals surface area contributed by atoms with E-state index in [9.17, 15) is 0 Å². The van der Waals surface area contributed by atoms with Gasteiger partial charge in [-0.3, -0.25) is 0 Å². The lowest BCUT2D eigenvalue weighted by molar-refractivity contribution is 0.122. The van der Waals surface area contributed by atoms with Crippen LogP contribution < -0.4 is 15.5 Å². The van der Waals surface area contributed by atoms with Gasteiger partial charge in [-0.15, -0.1) is 0 Å². The zero-order chi connectivity index (χ0) is 18.8. The third kappa shape index (κ3) is 3.53. The lowest BCUT2D eigenvalue weighted by Crippen LogP contribution is -2.36. The van der Waals surface area contributed by atoms with Gasteiger partial charge in [0.1, 0.15) is 18.0 Å².